The van der Waals surface area contributed by atoms with Crippen molar-refractivity contribution in [2.45, 2.75) is 63.8 Å². The Kier molecular flexibility index (Phi) is 8.28. The highest BCUT2D eigenvalue weighted by Gasteiger charge is 2.47. The summed E-state index contributed by atoms with van der Waals surface area (Å²) in [4.78, 5) is 30.4. The molecule has 0 amide bonds. The van der Waals surface area contributed by atoms with Crippen LogP contribution in [0, 0.1) is 12.7 Å². The topological polar surface area (TPSA) is 82.5 Å². The first-order valence-corrected chi connectivity index (χ1v) is 14.9. The third-order valence-electron chi connectivity index (χ3n) is 9.01. The van der Waals surface area contributed by atoms with Gasteiger partial charge in [0.05, 0.1) is 36.5 Å². The molecule has 1 saturated heterocycles. The molecule has 1 spiro atoms. The Balaban J connectivity index is 1.41. The van der Waals surface area contributed by atoms with Gasteiger partial charge in [-0.1, -0.05) is 66.2 Å². The number of hydrogen-bond acceptors (Lipinski definition) is 5. The number of aromatic nitrogens is 2. The molecule has 0 unspecified atom stereocenters. The summed E-state index contributed by atoms with van der Waals surface area (Å²) in [6.07, 6.45) is -3.97. The van der Waals surface area contributed by atoms with Crippen molar-refractivity contribution >= 4 is 0 Å². The molecule has 0 bridgehead atoms. The highest BCUT2D eigenvalue weighted by molar-refractivity contribution is 5.35. The lowest BCUT2D eigenvalue weighted by Crippen LogP contribution is -2.49. The van der Waals surface area contributed by atoms with Crippen LogP contribution in [-0.4, -0.2) is 27.1 Å². The number of ether oxygens (including phenoxy) is 1. The molecule has 2 aliphatic rings. The van der Waals surface area contributed by atoms with E-state index >= 15 is 4.39 Å². The number of benzene rings is 3. The van der Waals surface area contributed by atoms with Gasteiger partial charge in [-0.2, -0.15) is 13.2 Å². The number of nitrogens with two attached hydrogens (primary N) is 1. The van der Waals surface area contributed by atoms with Crippen LogP contribution in [-0.2, 0) is 42.8 Å². The van der Waals surface area contributed by atoms with E-state index in [2.05, 4.69) is 29.2 Å². The van der Waals surface area contributed by atoms with Crippen LogP contribution in [0.15, 0.2) is 82.4 Å². The minimum Gasteiger partial charge on any atom is -0.364 e. The largest absolute Gasteiger partial charge is 0.416 e. The van der Waals surface area contributed by atoms with E-state index in [1.807, 2.05) is 13.0 Å². The van der Waals surface area contributed by atoms with E-state index in [1.54, 1.807) is 24.3 Å². The van der Waals surface area contributed by atoms with Gasteiger partial charge >= 0.3 is 11.9 Å². The van der Waals surface area contributed by atoms with E-state index in [1.165, 1.54) is 5.56 Å². The summed E-state index contributed by atoms with van der Waals surface area (Å²) in [7, 11) is 0. The SMILES string of the molecule is Cc1ccc(CN2CCC3(CC2)OCc2c3c(=O)n(C[C@H](N)c3ccccc3)c(=O)n2Cc2c(F)cccc2C(F)(F)F)cc1. The minimum atomic E-state index is -4.85. The zero-order valence-electron chi connectivity index (χ0n) is 24.8. The fourth-order valence-corrected chi connectivity index (χ4v) is 6.52. The standard InChI is InChI=1S/C34H34F4N4O3/c1-22-10-12-23(13-11-22)18-40-16-14-33(15-17-40)30-29(21-45-33)41(19-25-26(34(36,37)38)8-5-9-27(25)35)32(44)42(31(30)43)20-28(39)24-6-3-2-4-7-24/h2-13,28H,14-21,39H2,1H3/t28-/m0/s1. The Hall–Kier alpha value is -4.06. The highest BCUT2D eigenvalue weighted by Crippen LogP contribution is 2.43. The average Bonchev–Trinajstić information content (AvgIpc) is 3.38. The summed E-state index contributed by atoms with van der Waals surface area (Å²) in [5, 5.41) is 0. The van der Waals surface area contributed by atoms with Gasteiger partial charge in [0, 0.05) is 31.2 Å². The van der Waals surface area contributed by atoms with Gasteiger partial charge in [-0.25, -0.2) is 9.18 Å². The molecule has 2 N–H and O–H groups in total. The third-order valence-corrected chi connectivity index (χ3v) is 9.01. The van der Waals surface area contributed by atoms with Crippen molar-refractivity contribution in [3.63, 3.8) is 0 Å². The van der Waals surface area contributed by atoms with Crippen LogP contribution >= 0.6 is 0 Å². The van der Waals surface area contributed by atoms with E-state index in [-0.39, 0.29) is 24.4 Å². The molecule has 1 atom stereocenters. The molecule has 1 fully saturated rings. The van der Waals surface area contributed by atoms with Gasteiger partial charge in [0.15, 0.2) is 0 Å². The average molecular weight is 623 g/mol. The second-order valence-electron chi connectivity index (χ2n) is 11.9. The summed E-state index contributed by atoms with van der Waals surface area (Å²) in [5.74, 6) is -1.10. The fourth-order valence-electron chi connectivity index (χ4n) is 6.52. The van der Waals surface area contributed by atoms with Crippen LogP contribution in [0.5, 0.6) is 0 Å². The first kappa shape index (κ1) is 30.9. The summed E-state index contributed by atoms with van der Waals surface area (Å²) >= 11 is 0. The van der Waals surface area contributed by atoms with Crippen molar-refractivity contribution < 1.29 is 22.3 Å². The molecule has 7 nitrogen and oxygen atoms in total. The van der Waals surface area contributed by atoms with Crippen molar-refractivity contribution in [3.8, 4) is 0 Å². The van der Waals surface area contributed by atoms with Crippen molar-refractivity contribution in [2.24, 2.45) is 5.73 Å². The summed E-state index contributed by atoms with van der Waals surface area (Å²) in [6.45, 7) is 2.85. The van der Waals surface area contributed by atoms with E-state index in [4.69, 9.17) is 10.5 Å². The number of aryl methyl sites for hydroxylation is 1. The molecule has 0 radical (unpaired) electrons. The fraction of sp³-hybridized carbons (Fsp3) is 0.353. The number of nitrogens with zero attached hydrogens (tertiary/aromatic N) is 3. The van der Waals surface area contributed by atoms with E-state index in [0.29, 0.717) is 38.0 Å². The van der Waals surface area contributed by atoms with Crippen molar-refractivity contribution in [2.75, 3.05) is 13.1 Å². The molecular weight excluding hydrogens is 588 g/mol. The van der Waals surface area contributed by atoms with Crippen LogP contribution in [0.3, 0.4) is 0 Å². The number of likely N-dealkylation sites (tertiary alicyclic amines) is 1. The maximum atomic E-state index is 15.0. The first-order valence-electron chi connectivity index (χ1n) is 14.9. The quantitative estimate of drug-likeness (QED) is 0.285. The molecule has 4 aromatic rings. The normalized spacial score (nSPS) is 17.0. The second kappa shape index (κ2) is 12.0. The lowest BCUT2D eigenvalue weighted by Gasteiger charge is -2.39. The molecule has 236 valence electrons. The molecule has 0 aliphatic carbocycles. The van der Waals surface area contributed by atoms with E-state index < -0.39 is 52.6 Å². The molecule has 45 heavy (non-hydrogen) atoms. The number of fused-ring (bicyclic) bond motifs is 2. The Morgan fingerprint density at radius 2 is 1.60 bits per heavy atom. The second-order valence-corrected chi connectivity index (χ2v) is 11.9. The Labute approximate surface area is 257 Å². The maximum absolute atomic E-state index is 15.0. The Bertz CT molecular complexity index is 1810. The zero-order chi connectivity index (χ0) is 31.9. The molecule has 3 heterocycles. The maximum Gasteiger partial charge on any atom is 0.416 e. The molecule has 0 saturated carbocycles. The lowest BCUT2D eigenvalue weighted by atomic mass is 9.85. The summed E-state index contributed by atoms with van der Waals surface area (Å²) in [6, 6.07) is 19.1. The van der Waals surface area contributed by atoms with Gasteiger partial charge in [0.25, 0.3) is 5.56 Å². The predicted molar refractivity (Wildman–Crippen MR) is 161 cm³/mol. The van der Waals surface area contributed by atoms with E-state index in [9.17, 15) is 22.8 Å². The van der Waals surface area contributed by atoms with Gasteiger partial charge in [0.1, 0.15) is 11.4 Å². The monoisotopic (exact) mass is 622 g/mol. The number of alkyl halides is 3. The van der Waals surface area contributed by atoms with Crippen LogP contribution in [0.25, 0.3) is 0 Å². The van der Waals surface area contributed by atoms with Crippen LogP contribution in [0.1, 0.15) is 58.0 Å². The number of halogens is 4. The van der Waals surface area contributed by atoms with Gasteiger partial charge < -0.3 is 10.5 Å². The summed E-state index contributed by atoms with van der Waals surface area (Å²) in [5.41, 5.74) is 5.52. The Morgan fingerprint density at radius 1 is 0.911 bits per heavy atom. The molecule has 1 aromatic heterocycles. The smallest absolute Gasteiger partial charge is 0.364 e. The number of hydrogen-bond donors (Lipinski definition) is 1. The lowest BCUT2D eigenvalue weighted by molar-refractivity contribution is -0.138. The minimum absolute atomic E-state index is 0.154. The van der Waals surface area contributed by atoms with Gasteiger partial charge in [-0.15, -0.1) is 0 Å². The van der Waals surface area contributed by atoms with Crippen LogP contribution in [0.2, 0.25) is 0 Å². The summed E-state index contributed by atoms with van der Waals surface area (Å²) < 4.78 is 65.2. The van der Waals surface area contributed by atoms with Crippen molar-refractivity contribution in [3.05, 3.63) is 139 Å². The first-order chi connectivity index (χ1) is 21.5. The van der Waals surface area contributed by atoms with Crippen molar-refractivity contribution in [1.29, 1.82) is 0 Å². The van der Waals surface area contributed by atoms with Gasteiger partial charge in [-0.05, 0) is 43.0 Å². The molecular formula is C34H34F4N4O3. The van der Waals surface area contributed by atoms with Gasteiger partial charge in [-0.3, -0.25) is 18.8 Å². The third kappa shape index (κ3) is 5.99. The zero-order valence-corrected chi connectivity index (χ0v) is 24.8. The predicted octanol–water partition coefficient (Wildman–Crippen LogP) is 5.25. The Morgan fingerprint density at radius 3 is 2.27 bits per heavy atom. The molecule has 6 rings (SSSR count). The van der Waals surface area contributed by atoms with E-state index in [0.717, 1.165) is 32.9 Å². The number of piperidine rings is 1. The van der Waals surface area contributed by atoms with Gasteiger partial charge in [0.2, 0.25) is 0 Å². The molecule has 11 heteroatoms. The highest BCUT2D eigenvalue weighted by atomic mass is 19.4. The van der Waals surface area contributed by atoms with Crippen LogP contribution < -0.4 is 17.0 Å². The molecule has 3 aromatic carbocycles. The van der Waals surface area contributed by atoms with Crippen LogP contribution in [0.4, 0.5) is 17.6 Å². The molecule has 2 aliphatic heterocycles. The number of rotatable bonds is 7. The van der Waals surface area contributed by atoms with Crippen molar-refractivity contribution in [1.82, 2.24) is 14.0 Å².